The Hall–Kier alpha value is -2.27. The molecule has 104 valence electrons. The fraction of sp³-hybridized carbons (Fsp3) is 0.200. The van der Waals surface area contributed by atoms with Gasteiger partial charge in [-0.25, -0.2) is 4.39 Å². The Morgan fingerprint density at radius 3 is 2.80 bits per heavy atom. The van der Waals surface area contributed by atoms with Crippen LogP contribution in [-0.2, 0) is 0 Å². The maximum absolute atomic E-state index is 13.8. The Morgan fingerprint density at radius 2 is 2.00 bits per heavy atom. The van der Waals surface area contributed by atoms with E-state index in [0.717, 1.165) is 0 Å². The summed E-state index contributed by atoms with van der Waals surface area (Å²) in [6.07, 6.45) is 0. The van der Waals surface area contributed by atoms with Crippen molar-refractivity contribution in [2.24, 2.45) is 5.73 Å². The van der Waals surface area contributed by atoms with Gasteiger partial charge in [-0.05, 0) is 31.2 Å². The maximum atomic E-state index is 13.8. The highest BCUT2D eigenvalue weighted by molar-refractivity contribution is 5.49. The lowest BCUT2D eigenvalue weighted by Crippen LogP contribution is -2.09. The molecule has 0 aliphatic carbocycles. The zero-order valence-corrected chi connectivity index (χ0v) is 10.9. The molecule has 1 heterocycles. The van der Waals surface area contributed by atoms with Crippen molar-refractivity contribution in [3.8, 4) is 23.0 Å². The van der Waals surface area contributed by atoms with Gasteiger partial charge in [0, 0.05) is 17.7 Å². The Balaban J connectivity index is 1.93. The first kappa shape index (κ1) is 12.7. The topological polar surface area (TPSA) is 53.7 Å². The molecule has 2 aromatic carbocycles. The van der Waals surface area contributed by atoms with Gasteiger partial charge in [0.1, 0.15) is 17.3 Å². The summed E-state index contributed by atoms with van der Waals surface area (Å²) in [5.74, 6) is 1.85. The highest BCUT2D eigenvalue weighted by Crippen LogP contribution is 2.38. The molecule has 0 saturated heterocycles. The molecule has 0 aromatic heterocycles. The van der Waals surface area contributed by atoms with Crippen LogP contribution in [0.25, 0.3) is 0 Å². The standard InChI is InChI=1S/C15H14FNO3/c1-9(17)15-11(16)3-2-4-13(15)20-10-5-6-12-14(7-10)19-8-18-12/h2-7,9H,8,17H2,1H3. The summed E-state index contributed by atoms with van der Waals surface area (Å²) in [6, 6.07) is 9.38. The summed E-state index contributed by atoms with van der Waals surface area (Å²) in [5, 5.41) is 0. The molecule has 0 bridgehead atoms. The molecule has 5 heteroatoms. The van der Waals surface area contributed by atoms with Gasteiger partial charge in [-0.15, -0.1) is 0 Å². The van der Waals surface area contributed by atoms with Gasteiger partial charge in [-0.3, -0.25) is 0 Å². The number of halogens is 1. The van der Waals surface area contributed by atoms with Crippen molar-refractivity contribution in [2.75, 3.05) is 6.79 Å². The summed E-state index contributed by atoms with van der Waals surface area (Å²) in [7, 11) is 0. The molecule has 20 heavy (non-hydrogen) atoms. The second-order valence-corrected chi connectivity index (χ2v) is 4.56. The van der Waals surface area contributed by atoms with Crippen molar-refractivity contribution >= 4 is 0 Å². The van der Waals surface area contributed by atoms with Crippen LogP contribution in [0, 0.1) is 5.82 Å². The van der Waals surface area contributed by atoms with Gasteiger partial charge >= 0.3 is 0 Å². The number of hydrogen-bond donors (Lipinski definition) is 1. The van der Waals surface area contributed by atoms with Gasteiger partial charge in [0.05, 0.1) is 0 Å². The lowest BCUT2D eigenvalue weighted by molar-refractivity contribution is 0.174. The van der Waals surface area contributed by atoms with E-state index in [2.05, 4.69) is 0 Å². The molecule has 1 aliphatic rings. The number of rotatable bonds is 3. The molecular weight excluding hydrogens is 261 g/mol. The molecule has 0 radical (unpaired) electrons. The Labute approximate surface area is 115 Å². The number of nitrogens with two attached hydrogens (primary N) is 1. The Morgan fingerprint density at radius 1 is 1.20 bits per heavy atom. The third-order valence-corrected chi connectivity index (χ3v) is 3.04. The quantitative estimate of drug-likeness (QED) is 0.933. The van der Waals surface area contributed by atoms with Gasteiger partial charge in [-0.2, -0.15) is 0 Å². The molecule has 0 fully saturated rings. The highest BCUT2D eigenvalue weighted by Gasteiger charge is 2.17. The van der Waals surface area contributed by atoms with Crippen LogP contribution in [0.3, 0.4) is 0 Å². The van der Waals surface area contributed by atoms with Crippen molar-refractivity contribution in [3.63, 3.8) is 0 Å². The van der Waals surface area contributed by atoms with Crippen LogP contribution in [0.15, 0.2) is 36.4 Å². The molecule has 1 atom stereocenters. The predicted molar refractivity (Wildman–Crippen MR) is 71.6 cm³/mol. The molecular formula is C15H14FNO3. The van der Waals surface area contributed by atoms with E-state index in [0.29, 0.717) is 28.6 Å². The van der Waals surface area contributed by atoms with Crippen LogP contribution in [0.1, 0.15) is 18.5 Å². The van der Waals surface area contributed by atoms with Crippen molar-refractivity contribution < 1.29 is 18.6 Å². The molecule has 0 spiro atoms. The van der Waals surface area contributed by atoms with Crippen molar-refractivity contribution in [1.82, 2.24) is 0 Å². The van der Waals surface area contributed by atoms with E-state index in [4.69, 9.17) is 19.9 Å². The molecule has 4 nitrogen and oxygen atoms in total. The fourth-order valence-electron chi connectivity index (χ4n) is 2.12. The Bertz CT molecular complexity index is 643. The second-order valence-electron chi connectivity index (χ2n) is 4.56. The predicted octanol–water partition coefficient (Wildman–Crippen LogP) is 3.37. The van der Waals surface area contributed by atoms with E-state index in [1.807, 2.05) is 0 Å². The van der Waals surface area contributed by atoms with Gasteiger partial charge in [0.15, 0.2) is 11.5 Å². The van der Waals surface area contributed by atoms with Crippen LogP contribution < -0.4 is 19.9 Å². The van der Waals surface area contributed by atoms with Crippen LogP contribution in [-0.4, -0.2) is 6.79 Å². The van der Waals surface area contributed by atoms with Crippen LogP contribution in [0.2, 0.25) is 0 Å². The number of ether oxygens (including phenoxy) is 3. The SMILES string of the molecule is CC(N)c1c(F)cccc1Oc1ccc2c(c1)OCO2. The fourth-order valence-corrected chi connectivity index (χ4v) is 2.12. The van der Waals surface area contributed by atoms with E-state index >= 15 is 0 Å². The lowest BCUT2D eigenvalue weighted by Gasteiger charge is -2.14. The summed E-state index contributed by atoms with van der Waals surface area (Å²) >= 11 is 0. The minimum Gasteiger partial charge on any atom is -0.457 e. The van der Waals surface area contributed by atoms with Gasteiger partial charge in [0.25, 0.3) is 0 Å². The van der Waals surface area contributed by atoms with E-state index in [1.54, 1.807) is 37.3 Å². The Kier molecular flexibility index (Phi) is 3.20. The molecule has 1 aliphatic heterocycles. The first-order valence-corrected chi connectivity index (χ1v) is 6.26. The highest BCUT2D eigenvalue weighted by atomic mass is 19.1. The van der Waals surface area contributed by atoms with Crippen LogP contribution >= 0.6 is 0 Å². The first-order chi connectivity index (χ1) is 9.65. The van der Waals surface area contributed by atoms with E-state index in [1.165, 1.54) is 6.07 Å². The lowest BCUT2D eigenvalue weighted by atomic mass is 10.1. The van der Waals surface area contributed by atoms with Crippen molar-refractivity contribution in [2.45, 2.75) is 13.0 Å². The van der Waals surface area contributed by atoms with Crippen molar-refractivity contribution in [1.29, 1.82) is 0 Å². The summed E-state index contributed by atoms with van der Waals surface area (Å²) < 4.78 is 30.0. The van der Waals surface area contributed by atoms with Crippen molar-refractivity contribution in [3.05, 3.63) is 47.8 Å². The summed E-state index contributed by atoms with van der Waals surface area (Å²) in [6.45, 7) is 1.91. The normalized spacial score (nSPS) is 14.2. The van der Waals surface area contributed by atoms with E-state index < -0.39 is 6.04 Å². The molecule has 1 unspecified atom stereocenters. The zero-order valence-electron chi connectivity index (χ0n) is 10.9. The summed E-state index contributed by atoms with van der Waals surface area (Å²) in [4.78, 5) is 0. The third kappa shape index (κ3) is 2.28. The van der Waals surface area contributed by atoms with Gasteiger partial charge in [0.2, 0.25) is 6.79 Å². The van der Waals surface area contributed by atoms with Gasteiger partial charge in [-0.1, -0.05) is 6.07 Å². The summed E-state index contributed by atoms with van der Waals surface area (Å²) in [5.41, 5.74) is 6.15. The second kappa shape index (κ2) is 5.02. The largest absolute Gasteiger partial charge is 0.457 e. The number of hydrogen-bond acceptors (Lipinski definition) is 4. The minimum absolute atomic E-state index is 0.198. The average Bonchev–Trinajstić information content (AvgIpc) is 2.85. The first-order valence-electron chi connectivity index (χ1n) is 6.26. The van der Waals surface area contributed by atoms with Crippen LogP contribution in [0.5, 0.6) is 23.0 Å². The average molecular weight is 275 g/mol. The van der Waals surface area contributed by atoms with E-state index in [9.17, 15) is 4.39 Å². The third-order valence-electron chi connectivity index (χ3n) is 3.04. The smallest absolute Gasteiger partial charge is 0.231 e. The maximum Gasteiger partial charge on any atom is 0.231 e. The van der Waals surface area contributed by atoms with E-state index in [-0.39, 0.29) is 12.6 Å². The molecule has 2 aromatic rings. The number of fused-ring (bicyclic) bond motifs is 1. The molecule has 0 amide bonds. The molecule has 0 saturated carbocycles. The zero-order chi connectivity index (χ0) is 14.1. The number of benzene rings is 2. The van der Waals surface area contributed by atoms with Gasteiger partial charge < -0.3 is 19.9 Å². The molecule has 2 N–H and O–H groups in total. The minimum atomic E-state index is -0.458. The molecule has 3 rings (SSSR count). The van der Waals surface area contributed by atoms with Crippen LogP contribution in [0.4, 0.5) is 4.39 Å². The monoisotopic (exact) mass is 275 g/mol.